The first-order chi connectivity index (χ1) is 10.8. The van der Waals surface area contributed by atoms with Gasteiger partial charge in [0.1, 0.15) is 0 Å². The highest BCUT2D eigenvalue weighted by Crippen LogP contribution is 2.35. The van der Waals surface area contributed by atoms with Crippen LogP contribution in [0.1, 0.15) is 23.2 Å². The molecule has 1 aromatic rings. The number of piperidine rings is 1. The summed E-state index contributed by atoms with van der Waals surface area (Å²) in [6.07, 6.45) is 1.07. The summed E-state index contributed by atoms with van der Waals surface area (Å²) in [6, 6.07) is 1.97. The molecular formula is C14H16Cl2N2O5. The van der Waals surface area contributed by atoms with Crippen LogP contribution in [0.2, 0.25) is 0 Å². The van der Waals surface area contributed by atoms with Gasteiger partial charge in [0.05, 0.1) is 0 Å². The minimum absolute atomic E-state index is 0.0258. The van der Waals surface area contributed by atoms with E-state index >= 15 is 0 Å². The summed E-state index contributed by atoms with van der Waals surface area (Å²) >= 11 is 11.1. The van der Waals surface area contributed by atoms with Gasteiger partial charge in [0.15, 0.2) is 22.1 Å². The average molecular weight is 363 g/mol. The van der Waals surface area contributed by atoms with E-state index in [4.69, 9.17) is 23.2 Å². The number of halogens is 2. The first-order valence-corrected chi connectivity index (χ1v) is 7.79. The van der Waals surface area contributed by atoms with Crippen LogP contribution in [0.25, 0.3) is 0 Å². The number of phenolic OH excluding ortho intramolecular Hbond substituents is 3. The van der Waals surface area contributed by atoms with E-state index in [9.17, 15) is 24.9 Å². The van der Waals surface area contributed by atoms with Gasteiger partial charge in [0.2, 0.25) is 0 Å². The number of phenols is 3. The summed E-state index contributed by atoms with van der Waals surface area (Å²) in [5.41, 5.74) is 0.0258. The summed E-state index contributed by atoms with van der Waals surface area (Å²) < 4.78 is 0. The lowest BCUT2D eigenvalue weighted by atomic mass is 10.0. The quantitative estimate of drug-likeness (QED) is 0.478. The van der Waals surface area contributed by atoms with Gasteiger partial charge in [-0.1, -0.05) is 23.2 Å². The number of amides is 2. The number of nitrogens with zero attached hydrogens (tertiary/aromatic N) is 1. The topological polar surface area (TPSA) is 110 Å². The molecule has 1 aliphatic rings. The largest absolute Gasteiger partial charge is 0.504 e. The molecule has 0 radical (unpaired) electrons. The number of hydrogen-bond acceptors (Lipinski definition) is 5. The molecule has 126 valence electrons. The molecule has 0 saturated carbocycles. The average Bonchev–Trinajstić information content (AvgIpc) is 2.52. The number of aromatic hydroxyl groups is 3. The molecule has 1 fully saturated rings. The van der Waals surface area contributed by atoms with Crippen molar-refractivity contribution in [3.8, 4) is 17.2 Å². The van der Waals surface area contributed by atoms with E-state index in [1.165, 1.54) is 4.90 Å². The Hall–Kier alpha value is -1.86. The fourth-order valence-corrected chi connectivity index (χ4v) is 2.66. The molecule has 0 aliphatic carbocycles. The number of alkyl halides is 2. The zero-order chi connectivity index (χ0) is 17.1. The van der Waals surface area contributed by atoms with E-state index in [0.717, 1.165) is 12.1 Å². The first kappa shape index (κ1) is 17.5. The van der Waals surface area contributed by atoms with Crippen LogP contribution in [0.15, 0.2) is 12.1 Å². The molecule has 2 rings (SSSR count). The molecule has 4 N–H and O–H groups in total. The number of benzene rings is 1. The molecule has 23 heavy (non-hydrogen) atoms. The molecule has 0 aromatic heterocycles. The lowest BCUT2D eigenvalue weighted by Gasteiger charge is -2.32. The molecule has 0 unspecified atom stereocenters. The maximum atomic E-state index is 12.1. The van der Waals surface area contributed by atoms with Gasteiger partial charge in [0, 0.05) is 24.7 Å². The van der Waals surface area contributed by atoms with Crippen molar-refractivity contribution >= 4 is 35.0 Å². The minimum atomic E-state index is -1.09. The Morgan fingerprint density at radius 2 is 1.65 bits per heavy atom. The Morgan fingerprint density at radius 3 is 2.13 bits per heavy atom. The molecule has 7 nitrogen and oxygen atoms in total. The Labute approximate surface area is 142 Å². The van der Waals surface area contributed by atoms with Crippen LogP contribution >= 0.6 is 23.2 Å². The maximum absolute atomic E-state index is 12.1. The second-order valence-electron chi connectivity index (χ2n) is 5.24. The van der Waals surface area contributed by atoms with Crippen molar-refractivity contribution in [3.05, 3.63) is 17.7 Å². The second kappa shape index (κ2) is 7.14. The van der Waals surface area contributed by atoms with Gasteiger partial charge in [-0.05, 0) is 25.0 Å². The third-order valence-corrected chi connectivity index (χ3v) is 4.03. The van der Waals surface area contributed by atoms with Gasteiger partial charge in [-0.25, -0.2) is 0 Å². The number of hydrogen-bond donors (Lipinski definition) is 4. The molecule has 1 aliphatic heterocycles. The van der Waals surface area contributed by atoms with Gasteiger partial charge in [-0.15, -0.1) is 0 Å². The van der Waals surface area contributed by atoms with Crippen molar-refractivity contribution in [2.75, 3.05) is 13.1 Å². The zero-order valence-electron chi connectivity index (χ0n) is 12.0. The zero-order valence-corrected chi connectivity index (χ0v) is 13.5. The summed E-state index contributed by atoms with van der Waals surface area (Å²) in [5, 5.41) is 30.9. The van der Waals surface area contributed by atoms with Crippen LogP contribution in [0, 0.1) is 0 Å². The molecular weight excluding hydrogens is 347 g/mol. The van der Waals surface area contributed by atoms with E-state index in [0.29, 0.717) is 25.9 Å². The lowest BCUT2D eigenvalue weighted by molar-refractivity contribution is -0.130. The van der Waals surface area contributed by atoms with Gasteiger partial charge in [0.25, 0.3) is 11.8 Å². The molecule has 1 heterocycles. The molecule has 1 aromatic carbocycles. The smallest absolute Gasteiger partial charge is 0.255 e. The number of nitrogens with one attached hydrogen (secondary N) is 1. The Kier molecular flexibility index (Phi) is 5.43. The van der Waals surface area contributed by atoms with Crippen LogP contribution in [-0.2, 0) is 4.79 Å². The lowest BCUT2D eigenvalue weighted by Crippen LogP contribution is -2.47. The first-order valence-electron chi connectivity index (χ1n) is 6.92. The molecule has 2 amide bonds. The summed E-state index contributed by atoms with van der Waals surface area (Å²) in [4.78, 5) is 24.2. The van der Waals surface area contributed by atoms with Crippen LogP contribution in [0.4, 0.5) is 0 Å². The molecule has 0 atom stereocenters. The van der Waals surface area contributed by atoms with Crippen molar-refractivity contribution in [1.82, 2.24) is 10.2 Å². The van der Waals surface area contributed by atoms with Crippen LogP contribution in [0.3, 0.4) is 0 Å². The molecule has 9 heteroatoms. The molecule has 0 bridgehead atoms. The Bertz CT molecular complexity index is 592. The van der Waals surface area contributed by atoms with Crippen molar-refractivity contribution in [2.45, 2.75) is 23.7 Å². The normalized spacial score (nSPS) is 15.7. The highest BCUT2D eigenvalue weighted by Gasteiger charge is 2.27. The minimum Gasteiger partial charge on any atom is -0.504 e. The number of likely N-dealkylation sites (tertiary alicyclic amines) is 1. The van der Waals surface area contributed by atoms with Crippen molar-refractivity contribution < 1.29 is 24.9 Å². The van der Waals surface area contributed by atoms with Crippen LogP contribution < -0.4 is 5.32 Å². The fourth-order valence-electron chi connectivity index (χ4n) is 2.39. The van der Waals surface area contributed by atoms with E-state index in [-0.39, 0.29) is 17.5 Å². The highest BCUT2D eigenvalue weighted by molar-refractivity contribution is 6.53. The third-order valence-electron chi connectivity index (χ3n) is 3.66. The van der Waals surface area contributed by atoms with Crippen LogP contribution in [0.5, 0.6) is 17.2 Å². The van der Waals surface area contributed by atoms with Gasteiger partial charge >= 0.3 is 0 Å². The predicted octanol–water partition coefficient (Wildman–Crippen LogP) is 1.33. The van der Waals surface area contributed by atoms with Gasteiger partial charge in [-0.3, -0.25) is 9.59 Å². The van der Waals surface area contributed by atoms with E-state index in [1.807, 2.05) is 0 Å². The monoisotopic (exact) mass is 362 g/mol. The second-order valence-corrected chi connectivity index (χ2v) is 6.33. The Morgan fingerprint density at radius 1 is 1.13 bits per heavy atom. The SMILES string of the molecule is O=C(NC1CCN(C(=O)C(Cl)Cl)CC1)c1cc(O)c(O)c(O)c1. The molecule has 1 saturated heterocycles. The summed E-state index contributed by atoms with van der Waals surface area (Å²) in [6.45, 7) is 0.845. The molecule has 0 spiro atoms. The number of carbonyl (C=O) groups excluding carboxylic acids is 2. The number of carbonyl (C=O) groups is 2. The van der Waals surface area contributed by atoms with Crippen molar-refractivity contribution in [2.24, 2.45) is 0 Å². The van der Waals surface area contributed by atoms with E-state index < -0.39 is 28.0 Å². The Balaban J connectivity index is 1.94. The maximum Gasteiger partial charge on any atom is 0.255 e. The van der Waals surface area contributed by atoms with Crippen molar-refractivity contribution in [3.63, 3.8) is 0 Å². The third kappa shape index (κ3) is 4.11. The van der Waals surface area contributed by atoms with E-state index in [2.05, 4.69) is 5.32 Å². The predicted molar refractivity (Wildman–Crippen MR) is 84.0 cm³/mol. The van der Waals surface area contributed by atoms with E-state index in [1.54, 1.807) is 0 Å². The summed E-state index contributed by atoms with van der Waals surface area (Å²) in [7, 11) is 0. The standard InChI is InChI=1S/C14H16Cl2N2O5/c15-12(16)14(23)18-3-1-8(2-4-18)17-13(22)7-5-9(19)11(21)10(20)6-7/h5-6,8,12,19-21H,1-4H2,(H,17,22). The van der Waals surface area contributed by atoms with Crippen LogP contribution in [-0.4, -0.2) is 56.0 Å². The number of rotatable bonds is 3. The fraction of sp³-hybridized carbons (Fsp3) is 0.429. The van der Waals surface area contributed by atoms with Gasteiger partial charge in [-0.2, -0.15) is 0 Å². The van der Waals surface area contributed by atoms with Crippen molar-refractivity contribution in [1.29, 1.82) is 0 Å². The summed E-state index contributed by atoms with van der Waals surface area (Å²) in [5.74, 6) is -2.68. The van der Waals surface area contributed by atoms with Gasteiger partial charge < -0.3 is 25.5 Å². The highest BCUT2D eigenvalue weighted by atomic mass is 35.5.